The van der Waals surface area contributed by atoms with Crippen LogP contribution in [-0.4, -0.2) is 18.4 Å². The number of amides is 2. The minimum Gasteiger partial charge on any atom is -0.483 e. The van der Waals surface area contributed by atoms with Crippen LogP contribution in [0.25, 0.3) is 0 Å². The van der Waals surface area contributed by atoms with Gasteiger partial charge in [0.25, 0.3) is 11.8 Å². The minimum absolute atomic E-state index is 0.196. The van der Waals surface area contributed by atoms with Gasteiger partial charge in [-0.1, -0.05) is 35.9 Å². The molecule has 5 nitrogen and oxygen atoms in total. The fourth-order valence-corrected chi connectivity index (χ4v) is 2.16. The number of halogens is 1. The molecule has 2 amide bonds. The molecule has 0 aliphatic carbocycles. The van der Waals surface area contributed by atoms with E-state index in [4.69, 9.17) is 22.1 Å². The first-order chi connectivity index (χ1) is 11.0. The maximum absolute atomic E-state index is 11.9. The predicted molar refractivity (Wildman–Crippen MR) is 88.5 cm³/mol. The summed E-state index contributed by atoms with van der Waals surface area (Å²) in [5.74, 6) is -0.550. The van der Waals surface area contributed by atoms with Gasteiger partial charge in [-0.3, -0.25) is 9.59 Å². The largest absolute Gasteiger partial charge is 0.483 e. The molecule has 2 rings (SSSR count). The number of hydrogen-bond donors (Lipinski definition) is 2. The highest BCUT2D eigenvalue weighted by atomic mass is 35.5. The van der Waals surface area contributed by atoms with Crippen molar-refractivity contribution in [3.8, 4) is 5.75 Å². The second kappa shape index (κ2) is 7.65. The molecule has 0 radical (unpaired) electrons. The second-order valence-electron chi connectivity index (χ2n) is 5.01. The molecule has 0 saturated heterocycles. The summed E-state index contributed by atoms with van der Waals surface area (Å²) in [5, 5.41) is 3.37. The van der Waals surface area contributed by atoms with Gasteiger partial charge >= 0.3 is 0 Å². The molecule has 23 heavy (non-hydrogen) atoms. The van der Waals surface area contributed by atoms with E-state index in [1.54, 1.807) is 37.3 Å². The first-order valence-electron chi connectivity index (χ1n) is 7.00. The van der Waals surface area contributed by atoms with Crippen molar-refractivity contribution < 1.29 is 14.3 Å². The highest BCUT2D eigenvalue weighted by Crippen LogP contribution is 2.22. The van der Waals surface area contributed by atoms with Crippen LogP contribution in [0.3, 0.4) is 0 Å². The number of ether oxygens (including phenoxy) is 1. The van der Waals surface area contributed by atoms with E-state index < -0.39 is 5.91 Å². The van der Waals surface area contributed by atoms with Crippen LogP contribution in [0, 0.1) is 6.92 Å². The lowest BCUT2D eigenvalue weighted by Gasteiger charge is -2.12. The Labute approximate surface area is 139 Å². The van der Waals surface area contributed by atoms with Crippen LogP contribution in [0.4, 0.5) is 0 Å². The summed E-state index contributed by atoms with van der Waals surface area (Å²) in [4.78, 5) is 23.3. The molecule has 0 spiro atoms. The van der Waals surface area contributed by atoms with Gasteiger partial charge in [0.1, 0.15) is 5.75 Å². The molecule has 120 valence electrons. The summed E-state index contributed by atoms with van der Waals surface area (Å²) in [5.41, 5.74) is 7.24. The first kappa shape index (κ1) is 16.8. The number of carbonyl (C=O) groups is 2. The van der Waals surface area contributed by atoms with E-state index in [9.17, 15) is 9.59 Å². The number of hydrogen-bond acceptors (Lipinski definition) is 3. The third kappa shape index (κ3) is 4.72. The summed E-state index contributed by atoms with van der Waals surface area (Å²) >= 11 is 5.80. The van der Waals surface area contributed by atoms with Crippen molar-refractivity contribution in [2.45, 2.75) is 13.5 Å². The van der Waals surface area contributed by atoms with Crippen LogP contribution in [0.5, 0.6) is 5.75 Å². The van der Waals surface area contributed by atoms with Crippen LogP contribution in [0.15, 0.2) is 42.5 Å². The maximum atomic E-state index is 11.9. The van der Waals surface area contributed by atoms with Crippen molar-refractivity contribution in [1.82, 2.24) is 5.32 Å². The molecule has 6 heteroatoms. The third-order valence-electron chi connectivity index (χ3n) is 3.23. The third-order valence-corrected chi connectivity index (χ3v) is 3.48. The summed E-state index contributed by atoms with van der Waals surface area (Å²) in [6.07, 6.45) is 0. The number of primary amides is 1. The molecule has 0 aromatic heterocycles. The molecule has 0 atom stereocenters. The van der Waals surface area contributed by atoms with Crippen LogP contribution in [0.1, 0.15) is 21.5 Å². The van der Waals surface area contributed by atoms with E-state index in [1.165, 1.54) is 0 Å². The number of nitrogens with one attached hydrogen (secondary N) is 1. The van der Waals surface area contributed by atoms with Crippen LogP contribution in [0.2, 0.25) is 5.02 Å². The Morgan fingerprint density at radius 3 is 2.52 bits per heavy atom. The topological polar surface area (TPSA) is 81.4 Å². The fraction of sp³-hybridized carbons (Fsp3) is 0.176. The van der Waals surface area contributed by atoms with Crippen molar-refractivity contribution in [2.75, 3.05) is 6.61 Å². The monoisotopic (exact) mass is 332 g/mol. The van der Waals surface area contributed by atoms with E-state index in [2.05, 4.69) is 5.32 Å². The van der Waals surface area contributed by atoms with Gasteiger partial charge in [0.05, 0.1) is 5.56 Å². The standard InChI is InChI=1S/C17H17ClN2O3/c1-11-3-2-4-14(17(19)22)16(11)23-10-15(21)20-9-12-5-7-13(18)8-6-12/h2-8H,9-10H2,1H3,(H2,19,22)(H,20,21). The predicted octanol–water partition coefficient (Wildman–Crippen LogP) is 2.44. The maximum Gasteiger partial charge on any atom is 0.258 e. The molecule has 0 aliphatic rings. The zero-order valence-electron chi connectivity index (χ0n) is 12.6. The minimum atomic E-state index is -0.592. The van der Waals surface area contributed by atoms with Gasteiger partial charge in [0.2, 0.25) is 0 Å². The number of benzene rings is 2. The molecular weight excluding hydrogens is 316 g/mol. The summed E-state index contributed by atoms with van der Waals surface area (Å²) in [7, 11) is 0. The van der Waals surface area contributed by atoms with Crippen molar-refractivity contribution in [1.29, 1.82) is 0 Å². The molecular formula is C17H17ClN2O3. The Kier molecular flexibility index (Phi) is 5.60. The second-order valence-corrected chi connectivity index (χ2v) is 5.44. The Morgan fingerprint density at radius 1 is 1.17 bits per heavy atom. The zero-order chi connectivity index (χ0) is 16.8. The van der Waals surface area contributed by atoms with Gasteiger partial charge in [-0.2, -0.15) is 0 Å². The Hall–Kier alpha value is -2.53. The van der Waals surface area contributed by atoms with Crippen molar-refractivity contribution in [2.24, 2.45) is 5.73 Å². The molecule has 0 heterocycles. The van der Waals surface area contributed by atoms with Gasteiger partial charge in [-0.15, -0.1) is 0 Å². The van der Waals surface area contributed by atoms with Crippen molar-refractivity contribution >= 4 is 23.4 Å². The molecule has 0 fully saturated rings. The molecule has 0 saturated carbocycles. The number of para-hydroxylation sites is 1. The molecule has 0 aliphatic heterocycles. The Bertz CT molecular complexity index is 714. The highest BCUT2D eigenvalue weighted by molar-refractivity contribution is 6.30. The van der Waals surface area contributed by atoms with Crippen LogP contribution in [-0.2, 0) is 11.3 Å². The number of nitrogens with two attached hydrogens (primary N) is 1. The van der Waals surface area contributed by atoms with Gasteiger partial charge in [0.15, 0.2) is 6.61 Å². The number of carbonyl (C=O) groups excluding carboxylic acids is 2. The smallest absolute Gasteiger partial charge is 0.258 e. The van der Waals surface area contributed by atoms with E-state index in [0.717, 1.165) is 11.1 Å². The lowest BCUT2D eigenvalue weighted by molar-refractivity contribution is -0.123. The Morgan fingerprint density at radius 2 is 1.87 bits per heavy atom. The normalized spacial score (nSPS) is 10.2. The summed E-state index contributed by atoms with van der Waals surface area (Å²) in [6, 6.07) is 12.2. The lowest BCUT2D eigenvalue weighted by Crippen LogP contribution is -2.29. The number of aryl methyl sites for hydroxylation is 1. The quantitative estimate of drug-likeness (QED) is 0.852. The molecule has 2 aromatic carbocycles. The molecule has 3 N–H and O–H groups in total. The van der Waals surface area contributed by atoms with Gasteiger partial charge in [-0.05, 0) is 36.2 Å². The molecule has 0 unspecified atom stereocenters. The summed E-state index contributed by atoms with van der Waals surface area (Å²) < 4.78 is 5.46. The van der Waals surface area contributed by atoms with E-state index in [1.807, 2.05) is 12.1 Å². The van der Waals surface area contributed by atoms with Gasteiger partial charge < -0.3 is 15.8 Å². The van der Waals surface area contributed by atoms with Crippen molar-refractivity contribution in [3.05, 3.63) is 64.2 Å². The van der Waals surface area contributed by atoms with E-state index >= 15 is 0 Å². The fourth-order valence-electron chi connectivity index (χ4n) is 2.03. The zero-order valence-corrected chi connectivity index (χ0v) is 13.4. The van der Waals surface area contributed by atoms with E-state index in [0.29, 0.717) is 17.3 Å². The van der Waals surface area contributed by atoms with Gasteiger partial charge in [0, 0.05) is 11.6 Å². The molecule has 0 bridgehead atoms. The summed E-state index contributed by atoms with van der Waals surface area (Å²) in [6.45, 7) is 1.96. The lowest BCUT2D eigenvalue weighted by atomic mass is 10.1. The SMILES string of the molecule is Cc1cccc(C(N)=O)c1OCC(=O)NCc1ccc(Cl)cc1. The number of rotatable bonds is 6. The van der Waals surface area contributed by atoms with Crippen LogP contribution >= 0.6 is 11.6 Å². The van der Waals surface area contributed by atoms with Crippen LogP contribution < -0.4 is 15.8 Å². The van der Waals surface area contributed by atoms with Gasteiger partial charge in [-0.25, -0.2) is 0 Å². The average molecular weight is 333 g/mol. The van der Waals surface area contributed by atoms with Crippen molar-refractivity contribution in [3.63, 3.8) is 0 Å². The highest BCUT2D eigenvalue weighted by Gasteiger charge is 2.13. The first-order valence-corrected chi connectivity index (χ1v) is 7.38. The molecule has 2 aromatic rings. The average Bonchev–Trinajstić information content (AvgIpc) is 2.52. The van der Waals surface area contributed by atoms with E-state index in [-0.39, 0.29) is 18.1 Å². The Balaban J connectivity index is 1.92.